The molecule has 2 aromatic rings. The fraction of sp³-hybridized carbons (Fsp3) is 0.133. The number of methoxy groups -OCH3 is 1. The Hall–Kier alpha value is -2.29. The van der Waals surface area contributed by atoms with Crippen LogP contribution in [0.5, 0.6) is 5.75 Å². The van der Waals surface area contributed by atoms with E-state index in [2.05, 4.69) is 11.4 Å². The molecule has 0 heterocycles. The summed E-state index contributed by atoms with van der Waals surface area (Å²) in [6.07, 6.45) is 0. The van der Waals surface area contributed by atoms with Crippen LogP contribution in [0.2, 0.25) is 0 Å². The number of amides is 1. The summed E-state index contributed by atoms with van der Waals surface area (Å²) in [5, 5.41) is 2.82. The topological polar surface area (TPSA) is 38.3 Å². The van der Waals surface area contributed by atoms with Gasteiger partial charge in [-0.3, -0.25) is 4.79 Å². The molecule has 2 rings (SSSR count). The lowest BCUT2D eigenvalue weighted by Gasteiger charge is -2.06. The lowest BCUT2D eigenvalue weighted by atomic mass is 10.2. The van der Waals surface area contributed by atoms with Crippen molar-refractivity contribution in [3.8, 4) is 5.75 Å². The molecular formula is C15H14NO2. The van der Waals surface area contributed by atoms with Gasteiger partial charge in [0.05, 0.1) is 7.11 Å². The molecule has 0 saturated carbocycles. The van der Waals surface area contributed by atoms with Crippen molar-refractivity contribution in [1.29, 1.82) is 0 Å². The Morgan fingerprint density at radius 1 is 1.17 bits per heavy atom. The highest BCUT2D eigenvalue weighted by molar-refractivity contribution is 6.04. The number of hydrogen-bond donors (Lipinski definition) is 1. The third kappa shape index (κ3) is 2.88. The monoisotopic (exact) mass is 240 g/mol. The van der Waals surface area contributed by atoms with Crippen LogP contribution in [0.1, 0.15) is 15.9 Å². The molecule has 0 spiro atoms. The number of rotatable bonds is 3. The van der Waals surface area contributed by atoms with E-state index in [0.29, 0.717) is 11.3 Å². The summed E-state index contributed by atoms with van der Waals surface area (Å²) in [6, 6.07) is 15.6. The fourth-order valence-corrected chi connectivity index (χ4v) is 1.52. The standard InChI is InChI=1S/C15H14NO2/c1-11-3-7-13(8-4-11)16-15(17)12-5-9-14(18-2)10-6-12/h3-9H,1-2H3,(H,16,17). The molecule has 91 valence electrons. The van der Waals surface area contributed by atoms with E-state index in [1.54, 1.807) is 25.3 Å². The lowest BCUT2D eigenvalue weighted by Crippen LogP contribution is -2.11. The number of benzene rings is 2. The first kappa shape index (κ1) is 12.2. The summed E-state index contributed by atoms with van der Waals surface area (Å²) >= 11 is 0. The molecule has 1 amide bonds. The Morgan fingerprint density at radius 3 is 2.44 bits per heavy atom. The normalized spacial score (nSPS) is 9.89. The van der Waals surface area contributed by atoms with Crippen molar-refractivity contribution in [1.82, 2.24) is 0 Å². The molecule has 0 aliphatic heterocycles. The number of hydrogen-bond acceptors (Lipinski definition) is 2. The van der Waals surface area contributed by atoms with Crippen LogP contribution < -0.4 is 10.1 Å². The minimum Gasteiger partial charge on any atom is -0.496 e. The van der Waals surface area contributed by atoms with Crippen molar-refractivity contribution in [2.75, 3.05) is 12.4 Å². The van der Waals surface area contributed by atoms with E-state index >= 15 is 0 Å². The number of ether oxygens (including phenoxy) is 1. The van der Waals surface area contributed by atoms with Crippen LogP contribution in [-0.4, -0.2) is 13.0 Å². The highest BCUT2D eigenvalue weighted by Gasteiger charge is 2.05. The van der Waals surface area contributed by atoms with Crippen molar-refractivity contribution in [3.05, 3.63) is 59.7 Å². The van der Waals surface area contributed by atoms with Crippen LogP contribution in [0.3, 0.4) is 0 Å². The lowest BCUT2D eigenvalue weighted by molar-refractivity contribution is 0.102. The van der Waals surface area contributed by atoms with E-state index < -0.39 is 0 Å². The number of anilines is 1. The second-order valence-corrected chi connectivity index (χ2v) is 3.97. The van der Waals surface area contributed by atoms with Crippen LogP contribution in [0.15, 0.2) is 42.5 Å². The predicted molar refractivity (Wildman–Crippen MR) is 71.0 cm³/mol. The van der Waals surface area contributed by atoms with Gasteiger partial charge in [-0.1, -0.05) is 17.7 Å². The van der Waals surface area contributed by atoms with Gasteiger partial charge in [0, 0.05) is 17.3 Å². The maximum Gasteiger partial charge on any atom is 0.255 e. The molecule has 3 heteroatoms. The van der Waals surface area contributed by atoms with Crippen LogP contribution in [0.4, 0.5) is 5.69 Å². The average molecular weight is 240 g/mol. The zero-order chi connectivity index (χ0) is 13.0. The maximum atomic E-state index is 11.9. The molecule has 0 unspecified atom stereocenters. The first-order valence-electron chi connectivity index (χ1n) is 5.63. The Balaban J connectivity index is 2.09. The van der Waals surface area contributed by atoms with E-state index in [1.165, 1.54) is 0 Å². The number of carbonyl (C=O) groups is 1. The van der Waals surface area contributed by atoms with Crippen LogP contribution in [0.25, 0.3) is 0 Å². The third-order valence-electron chi connectivity index (χ3n) is 2.58. The zero-order valence-electron chi connectivity index (χ0n) is 10.4. The Kier molecular flexibility index (Phi) is 3.63. The van der Waals surface area contributed by atoms with Gasteiger partial charge in [0.1, 0.15) is 5.75 Å². The van der Waals surface area contributed by atoms with Crippen molar-refractivity contribution >= 4 is 11.6 Å². The summed E-state index contributed by atoms with van der Waals surface area (Å²) < 4.78 is 4.99. The number of aryl methyl sites for hydroxylation is 1. The molecule has 18 heavy (non-hydrogen) atoms. The van der Waals surface area contributed by atoms with Crippen LogP contribution in [0, 0.1) is 13.0 Å². The molecule has 0 saturated heterocycles. The summed E-state index contributed by atoms with van der Waals surface area (Å²) in [5.74, 6) is 0.458. The molecule has 1 radical (unpaired) electrons. The van der Waals surface area contributed by atoms with Gasteiger partial charge in [0.15, 0.2) is 0 Å². The Labute approximate surface area is 106 Å². The zero-order valence-corrected chi connectivity index (χ0v) is 10.4. The predicted octanol–water partition coefficient (Wildman–Crippen LogP) is 3.06. The summed E-state index contributed by atoms with van der Waals surface area (Å²) in [7, 11) is 1.57. The molecule has 0 fully saturated rings. The molecular weight excluding hydrogens is 226 g/mol. The maximum absolute atomic E-state index is 11.9. The van der Waals surface area contributed by atoms with Crippen molar-refractivity contribution in [2.24, 2.45) is 0 Å². The van der Waals surface area contributed by atoms with Gasteiger partial charge in [-0.15, -0.1) is 0 Å². The average Bonchev–Trinajstić information content (AvgIpc) is 2.41. The van der Waals surface area contributed by atoms with Crippen LogP contribution in [-0.2, 0) is 0 Å². The van der Waals surface area contributed by atoms with Gasteiger partial charge in [-0.2, -0.15) is 0 Å². The second kappa shape index (κ2) is 5.36. The Morgan fingerprint density at radius 2 is 1.89 bits per heavy atom. The SMILES string of the molecule is COc1[c]cc(C(=O)Nc2ccc(C)cc2)cc1. The molecule has 2 aromatic carbocycles. The van der Waals surface area contributed by atoms with E-state index in [-0.39, 0.29) is 5.91 Å². The largest absolute Gasteiger partial charge is 0.496 e. The van der Waals surface area contributed by atoms with Gasteiger partial charge >= 0.3 is 0 Å². The first-order chi connectivity index (χ1) is 8.69. The first-order valence-corrected chi connectivity index (χ1v) is 5.63. The highest BCUT2D eigenvalue weighted by Crippen LogP contribution is 2.13. The molecule has 1 N–H and O–H groups in total. The fourth-order valence-electron chi connectivity index (χ4n) is 1.52. The molecule has 0 aromatic heterocycles. The molecule has 0 atom stereocenters. The van der Waals surface area contributed by atoms with Crippen molar-refractivity contribution in [2.45, 2.75) is 6.92 Å². The van der Waals surface area contributed by atoms with E-state index in [0.717, 1.165) is 11.3 Å². The molecule has 0 bridgehead atoms. The van der Waals surface area contributed by atoms with Crippen LogP contribution >= 0.6 is 0 Å². The van der Waals surface area contributed by atoms with Gasteiger partial charge in [0.25, 0.3) is 5.91 Å². The van der Waals surface area contributed by atoms with Gasteiger partial charge in [-0.25, -0.2) is 0 Å². The minimum atomic E-state index is -0.155. The minimum absolute atomic E-state index is 0.155. The van der Waals surface area contributed by atoms with Gasteiger partial charge < -0.3 is 10.1 Å². The van der Waals surface area contributed by atoms with Crippen molar-refractivity contribution < 1.29 is 9.53 Å². The summed E-state index contributed by atoms with van der Waals surface area (Å²) in [5.41, 5.74) is 2.49. The van der Waals surface area contributed by atoms with E-state index in [4.69, 9.17) is 4.74 Å². The van der Waals surface area contributed by atoms with Crippen molar-refractivity contribution in [3.63, 3.8) is 0 Å². The van der Waals surface area contributed by atoms with Gasteiger partial charge in [0.2, 0.25) is 0 Å². The second-order valence-electron chi connectivity index (χ2n) is 3.97. The highest BCUT2D eigenvalue weighted by atomic mass is 16.5. The summed E-state index contributed by atoms with van der Waals surface area (Å²) in [4.78, 5) is 11.9. The molecule has 0 aliphatic rings. The molecule has 0 aliphatic carbocycles. The third-order valence-corrected chi connectivity index (χ3v) is 2.58. The van der Waals surface area contributed by atoms with E-state index in [1.807, 2.05) is 31.2 Å². The van der Waals surface area contributed by atoms with E-state index in [9.17, 15) is 4.79 Å². The number of carbonyl (C=O) groups excluding carboxylic acids is 1. The Bertz CT molecular complexity index is 529. The quantitative estimate of drug-likeness (QED) is 0.895. The smallest absolute Gasteiger partial charge is 0.255 e. The molecule has 3 nitrogen and oxygen atoms in total. The van der Waals surface area contributed by atoms with Gasteiger partial charge in [-0.05, 0) is 37.3 Å². The summed E-state index contributed by atoms with van der Waals surface area (Å²) in [6.45, 7) is 2.00. The number of nitrogens with one attached hydrogen (secondary N) is 1.